The van der Waals surface area contributed by atoms with Gasteiger partial charge in [-0.1, -0.05) is 12.1 Å². The molecule has 3 nitrogen and oxygen atoms in total. The average molecular weight is 365 g/mol. The zero-order chi connectivity index (χ0) is 16.8. The Bertz CT molecular complexity index is 676. The maximum Gasteiger partial charge on any atom is 0.417 e. The van der Waals surface area contributed by atoms with Crippen molar-refractivity contribution in [3.8, 4) is 0 Å². The summed E-state index contributed by atoms with van der Waals surface area (Å²) in [7, 11) is -4.14. The highest BCUT2D eigenvalue weighted by Crippen LogP contribution is 2.44. The first kappa shape index (κ1) is 17.1. The van der Waals surface area contributed by atoms with Crippen molar-refractivity contribution in [1.29, 1.82) is 0 Å². The van der Waals surface area contributed by atoms with Crippen molar-refractivity contribution in [3.63, 3.8) is 0 Å². The van der Waals surface area contributed by atoms with Crippen LogP contribution in [0.1, 0.15) is 31.2 Å². The number of piperidine rings is 1. The summed E-state index contributed by atoms with van der Waals surface area (Å²) >= 11 is 1.71. The van der Waals surface area contributed by atoms with E-state index in [1.54, 1.807) is 11.8 Å². The van der Waals surface area contributed by atoms with E-state index in [4.69, 9.17) is 0 Å². The molecule has 0 N–H and O–H groups in total. The van der Waals surface area contributed by atoms with Gasteiger partial charge in [-0.25, -0.2) is 8.42 Å². The summed E-state index contributed by atoms with van der Waals surface area (Å²) in [4.78, 5) is -0.619. The third-order valence-electron chi connectivity index (χ3n) is 4.70. The number of rotatable bonds is 3. The Morgan fingerprint density at radius 2 is 1.70 bits per heavy atom. The van der Waals surface area contributed by atoms with Crippen LogP contribution < -0.4 is 0 Å². The molecule has 8 heteroatoms. The molecule has 2 heterocycles. The second-order valence-corrected chi connectivity index (χ2v) is 8.99. The molecule has 2 atom stereocenters. The van der Waals surface area contributed by atoms with E-state index in [-0.39, 0.29) is 12.1 Å². The number of benzene rings is 1. The lowest BCUT2D eigenvalue weighted by atomic mass is 10.1. The molecule has 0 radical (unpaired) electrons. The highest BCUT2D eigenvalue weighted by molar-refractivity contribution is 7.99. The fourth-order valence-corrected chi connectivity index (χ4v) is 6.64. The van der Waals surface area contributed by atoms with Crippen molar-refractivity contribution in [2.24, 2.45) is 0 Å². The van der Waals surface area contributed by atoms with Crippen LogP contribution in [-0.2, 0) is 16.2 Å². The second kappa shape index (κ2) is 5.97. The molecule has 2 bridgehead atoms. The molecule has 0 saturated carbocycles. The molecule has 1 aromatic rings. The third-order valence-corrected chi connectivity index (χ3v) is 7.82. The molecule has 0 aliphatic carbocycles. The quantitative estimate of drug-likeness (QED) is 0.819. The molecule has 3 rings (SSSR count). The van der Waals surface area contributed by atoms with Crippen molar-refractivity contribution in [1.82, 2.24) is 4.31 Å². The van der Waals surface area contributed by atoms with E-state index in [2.05, 4.69) is 0 Å². The van der Waals surface area contributed by atoms with Crippen LogP contribution in [0.25, 0.3) is 0 Å². The number of hydrogen-bond acceptors (Lipinski definition) is 3. The fourth-order valence-electron chi connectivity index (χ4n) is 3.71. The van der Waals surface area contributed by atoms with Gasteiger partial charge in [0.25, 0.3) is 0 Å². The van der Waals surface area contributed by atoms with Gasteiger partial charge < -0.3 is 0 Å². The molecule has 2 aliphatic rings. The number of alkyl halides is 3. The van der Waals surface area contributed by atoms with Crippen LogP contribution >= 0.6 is 11.8 Å². The predicted octanol–water partition coefficient (Wildman–Crippen LogP) is 3.75. The van der Waals surface area contributed by atoms with Gasteiger partial charge in [-0.05, 0) is 44.1 Å². The Hall–Kier alpha value is -0.730. The number of thioether (sulfide) groups is 1. The van der Waals surface area contributed by atoms with Crippen LogP contribution in [-0.4, -0.2) is 36.3 Å². The topological polar surface area (TPSA) is 37.4 Å². The van der Waals surface area contributed by atoms with Gasteiger partial charge in [0.05, 0.1) is 10.5 Å². The van der Waals surface area contributed by atoms with Gasteiger partial charge in [0.2, 0.25) is 10.0 Å². The maximum atomic E-state index is 13.2. The fraction of sp³-hybridized carbons (Fsp3) is 0.600. The van der Waals surface area contributed by atoms with Gasteiger partial charge in [-0.15, -0.1) is 0 Å². The largest absolute Gasteiger partial charge is 0.417 e. The number of hydrogen-bond donors (Lipinski definition) is 0. The van der Waals surface area contributed by atoms with E-state index < -0.39 is 26.7 Å². The highest BCUT2D eigenvalue weighted by atomic mass is 32.2. The smallest absolute Gasteiger partial charge is 0.207 e. The molecule has 1 aromatic carbocycles. The Morgan fingerprint density at radius 3 is 2.22 bits per heavy atom. The van der Waals surface area contributed by atoms with Gasteiger partial charge in [-0.3, -0.25) is 0 Å². The van der Waals surface area contributed by atoms with Crippen LogP contribution in [0.2, 0.25) is 0 Å². The lowest BCUT2D eigenvalue weighted by Gasteiger charge is -2.37. The van der Waals surface area contributed by atoms with Crippen LogP contribution in [0.5, 0.6) is 0 Å². The number of fused-ring (bicyclic) bond motifs is 2. The summed E-state index contributed by atoms with van der Waals surface area (Å²) in [6.07, 6.45) is 0.202. The van der Waals surface area contributed by atoms with E-state index in [0.717, 1.165) is 25.0 Å². The van der Waals surface area contributed by atoms with Crippen LogP contribution in [0.4, 0.5) is 13.2 Å². The summed E-state index contributed by atoms with van der Waals surface area (Å²) in [6, 6.07) is 4.10. The van der Waals surface area contributed by atoms with E-state index >= 15 is 0 Å². The van der Waals surface area contributed by atoms with Gasteiger partial charge in [0.15, 0.2) is 0 Å². The van der Waals surface area contributed by atoms with Gasteiger partial charge >= 0.3 is 6.18 Å². The number of halogens is 3. The summed E-state index contributed by atoms with van der Waals surface area (Å²) in [5.74, 6) is 0. The van der Waals surface area contributed by atoms with E-state index in [1.807, 2.05) is 6.26 Å². The molecule has 2 aliphatic heterocycles. The minimum Gasteiger partial charge on any atom is -0.207 e. The van der Waals surface area contributed by atoms with Crippen LogP contribution in [0, 0.1) is 0 Å². The van der Waals surface area contributed by atoms with Crippen molar-refractivity contribution in [2.75, 3.05) is 6.26 Å². The van der Waals surface area contributed by atoms with Crippen molar-refractivity contribution in [2.45, 2.75) is 54.1 Å². The SMILES string of the molecule is CSC1CC2CCC(C1)N2S(=O)(=O)c1ccccc1C(F)(F)F. The predicted molar refractivity (Wildman–Crippen MR) is 83.8 cm³/mol. The van der Waals surface area contributed by atoms with Gasteiger partial charge in [0, 0.05) is 17.3 Å². The molecule has 2 fully saturated rings. The highest BCUT2D eigenvalue weighted by Gasteiger charge is 2.49. The monoisotopic (exact) mass is 365 g/mol. The second-order valence-electron chi connectivity index (χ2n) is 6.04. The molecule has 0 spiro atoms. The minimum absolute atomic E-state index is 0.183. The normalized spacial score (nSPS) is 29.0. The third kappa shape index (κ3) is 3.00. The Balaban J connectivity index is 2.01. The maximum absolute atomic E-state index is 13.2. The van der Waals surface area contributed by atoms with E-state index in [1.165, 1.54) is 16.4 Å². The Labute approximate surface area is 138 Å². The van der Waals surface area contributed by atoms with Crippen molar-refractivity contribution < 1.29 is 21.6 Å². The molecule has 2 saturated heterocycles. The average Bonchev–Trinajstić information content (AvgIpc) is 2.78. The van der Waals surface area contributed by atoms with Gasteiger partial charge in [-0.2, -0.15) is 29.2 Å². The molecule has 23 heavy (non-hydrogen) atoms. The lowest BCUT2D eigenvalue weighted by Crippen LogP contribution is -2.47. The summed E-state index contributed by atoms with van der Waals surface area (Å²) < 4.78 is 66.8. The molecular weight excluding hydrogens is 347 g/mol. The molecular formula is C15H18F3NO2S2. The first-order chi connectivity index (χ1) is 10.7. The standard InChI is InChI=1S/C15H18F3NO2S2/c1-22-12-8-10-6-7-11(9-12)19(10)23(20,21)14-5-3-2-4-13(14)15(16,17)18/h2-5,10-12H,6-9H2,1H3. The van der Waals surface area contributed by atoms with Crippen LogP contribution in [0.15, 0.2) is 29.2 Å². The van der Waals surface area contributed by atoms with Crippen molar-refractivity contribution >= 4 is 21.8 Å². The molecule has 2 unspecified atom stereocenters. The van der Waals surface area contributed by atoms with Gasteiger partial charge in [0.1, 0.15) is 0 Å². The lowest BCUT2D eigenvalue weighted by molar-refractivity contribution is -0.139. The molecule has 0 amide bonds. The molecule has 128 valence electrons. The Kier molecular flexibility index (Phi) is 4.44. The zero-order valence-corrected chi connectivity index (χ0v) is 14.2. The minimum atomic E-state index is -4.68. The van der Waals surface area contributed by atoms with E-state index in [0.29, 0.717) is 18.1 Å². The first-order valence-electron chi connectivity index (χ1n) is 7.47. The first-order valence-corrected chi connectivity index (χ1v) is 10.2. The van der Waals surface area contributed by atoms with E-state index in [9.17, 15) is 21.6 Å². The molecule has 0 aromatic heterocycles. The zero-order valence-electron chi connectivity index (χ0n) is 12.6. The summed E-state index contributed by atoms with van der Waals surface area (Å²) in [5.41, 5.74) is -1.08. The summed E-state index contributed by atoms with van der Waals surface area (Å²) in [6.45, 7) is 0. The Morgan fingerprint density at radius 1 is 1.13 bits per heavy atom. The van der Waals surface area contributed by atoms with Crippen molar-refractivity contribution in [3.05, 3.63) is 29.8 Å². The number of nitrogens with zero attached hydrogens (tertiary/aromatic N) is 1. The summed E-state index contributed by atoms with van der Waals surface area (Å²) in [5, 5.41) is 0.386. The van der Waals surface area contributed by atoms with Crippen LogP contribution in [0.3, 0.4) is 0 Å². The number of sulfonamides is 1.